The Morgan fingerprint density at radius 3 is 1.97 bits per heavy atom. The summed E-state index contributed by atoms with van der Waals surface area (Å²) < 4.78 is 0. The molecule has 1 aromatic carbocycles. The maximum atomic E-state index is 14.0. The molecule has 3 rings (SSSR count). The van der Waals surface area contributed by atoms with Gasteiger partial charge in [0.05, 0.1) is 12.9 Å². The van der Waals surface area contributed by atoms with E-state index >= 15 is 0 Å². The van der Waals surface area contributed by atoms with E-state index in [1.807, 2.05) is 38.3 Å². The first kappa shape index (κ1) is 57.3. The van der Waals surface area contributed by atoms with Crippen LogP contribution in [0.25, 0.3) is 10.9 Å². The number of aromatic amines is 2. The number of carbonyl (C=O) groups is 10. The van der Waals surface area contributed by atoms with Gasteiger partial charge >= 0.3 is 0 Å². The summed E-state index contributed by atoms with van der Waals surface area (Å²) in [5.74, 6) is -7.10. The number of hydrogen-bond acceptors (Lipinski definition) is 12. The lowest BCUT2D eigenvalue weighted by Gasteiger charge is -2.30. The van der Waals surface area contributed by atoms with E-state index in [9.17, 15) is 47.9 Å². The van der Waals surface area contributed by atoms with Gasteiger partial charge in [0.25, 0.3) is 0 Å². The van der Waals surface area contributed by atoms with Gasteiger partial charge in [0.2, 0.25) is 59.1 Å². The number of carbonyl (C=O) groups excluding carboxylic acids is 10. The highest BCUT2D eigenvalue weighted by molar-refractivity contribution is 7.98. The quantitative estimate of drug-likeness (QED) is 0.0390. The minimum Gasteiger partial charge on any atom is -0.370 e. The van der Waals surface area contributed by atoms with Gasteiger partial charge in [0.1, 0.15) is 42.3 Å². The Labute approximate surface area is 411 Å². The highest BCUT2D eigenvalue weighted by Crippen LogP contribution is 2.20. The molecule has 0 bridgehead atoms. The van der Waals surface area contributed by atoms with E-state index in [4.69, 9.17) is 11.5 Å². The smallest absolute Gasteiger partial charge is 0.243 e. The molecule has 0 spiro atoms. The average molecular weight is 996 g/mol. The van der Waals surface area contributed by atoms with Gasteiger partial charge in [-0.3, -0.25) is 47.9 Å². The first-order valence-electron chi connectivity index (χ1n) is 22.9. The summed E-state index contributed by atoms with van der Waals surface area (Å²) in [5.41, 5.74) is 12.8. The molecule has 3 aromatic rings. The van der Waals surface area contributed by atoms with Crippen LogP contribution in [0.4, 0.5) is 0 Å². The number of rotatable bonds is 29. The Balaban J connectivity index is 1.75. The molecule has 384 valence electrons. The Kier molecular flexibility index (Phi) is 22.8. The molecule has 7 atom stereocenters. The van der Waals surface area contributed by atoms with Crippen molar-refractivity contribution in [1.82, 2.24) is 57.1 Å². The van der Waals surface area contributed by atoms with Gasteiger partial charge in [-0.05, 0) is 61.7 Å². The van der Waals surface area contributed by atoms with Crippen LogP contribution in [0, 0.1) is 11.8 Å². The van der Waals surface area contributed by atoms with E-state index < -0.39 is 114 Å². The zero-order chi connectivity index (χ0) is 52.2. The second-order valence-corrected chi connectivity index (χ2v) is 18.8. The third kappa shape index (κ3) is 18.2. The summed E-state index contributed by atoms with van der Waals surface area (Å²) in [5, 5.41) is 19.0. The molecule has 0 aliphatic heterocycles. The molecule has 0 saturated carbocycles. The van der Waals surface area contributed by atoms with Gasteiger partial charge in [-0.2, -0.15) is 11.8 Å². The second kappa shape index (κ2) is 27.9. The number of likely N-dealkylation sites (N-methyl/N-ethyl adjacent to an activating group) is 1. The standard InChI is InChI=1S/C46H69N13O10S/c1-24(2)17-34(44(67)55-32(40(48)63)15-16-70-8)57-45(68)36(19-29-21-49-23-52-29)59(7)38(62)22-51-46(69)39(25(3)4)58-41(64)26(5)53-43(66)35(18-28-20-50-31-12-10-9-11-30(28)31)56-42(65)33(54-27(6)60)13-14-37(47)61/h9-12,20-21,23-26,32-36,39,50H,13-19,22H2,1-8H3,(H2,47,61)(H2,48,63)(H,49,52)(H,51,69)(H,53,66)(H,54,60)(H,55,67)(H,56,65)(H,57,68)(H,58,64)/t26-,32-,33-,34-,35-,36-,39-/m0/s1. The summed E-state index contributed by atoms with van der Waals surface area (Å²) in [4.78, 5) is 143. The van der Waals surface area contributed by atoms with Crippen LogP contribution in [0.2, 0.25) is 0 Å². The Bertz CT molecular complexity index is 2300. The summed E-state index contributed by atoms with van der Waals surface area (Å²) in [7, 11) is 1.36. The number of nitrogens with one attached hydrogen (secondary N) is 9. The number of nitrogens with zero attached hydrogens (tertiary/aromatic N) is 2. The van der Waals surface area contributed by atoms with E-state index in [1.54, 1.807) is 26.1 Å². The largest absolute Gasteiger partial charge is 0.370 e. The van der Waals surface area contributed by atoms with Gasteiger partial charge in [0, 0.05) is 62.2 Å². The van der Waals surface area contributed by atoms with Crippen molar-refractivity contribution in [3.05, 3.63) is 54.2 Å². The number of amides is 10. The third-order valence-electron chi connectivity index (χ3n) is 11.3. The maximum Gasteiger partial charge on any atom is 0.243 e. The van der Waals surface area contributed by atoms with Gasteiger partial charge in [-0.1, -0.05) is 45.9 Å². The fourth-order valence-electron chi connectivity index (χ4n) is 7.34. The lowest BCUT2D eigenvalue weighted by molar-refractivity contribution is -0.141. The van der Waals surface area contributed by atoms with Gasteiger partial charge in [0.15, 0.2) is 0 Å². The fourth-order valence-corrected chi connectivity index (χ4v) is 7.81. The van der Waals surface area contributed by atoms with Gasteiger partial charge in [-0.15, -0.1) is 0 Å². The molecule has 13 N–H and O–H groups in total. The van der Waals surface area contributed by atoms with E-state index in [2.05, 4.69) is 52.2 Å². The summed E-state index contributed by atoms with van der Waals surface area (Å²) in [6, 6.07) is -0.969. The highest BCUT2D eigenvalue weighted by atomic mass is 32.2. The first-order chi connectivity index (χ1) is 33.0. The van der Waals surface area contributed by atoms with Crippen LogP contribution in [0.1, 0.15) is 78.5 Å². The van der Waals surface area contributed by atoms with E-state index in [1.165, 1.54) is 45.2 Å². The second-order valence-electron chi connectivity index (χ2n) is 17.8. The lowest BCUT2D eigenvalue weighted by Crippen LogP contribution is -2.59. The van der Waals surface area contributed by atoms with Crippen molar-refractivity contribution < 1.29 is 47.9 Å². The number of imidazole rings is 1. The van der Waals surface area contributed by atoms with Crippen LogP contribution in [0.5, 0.6) is 0 Å². The number of fused-ring (bicyclic) bond motifs is 1. The molecular formula is C46H69N13O10S. The number of nitrogens with two attached hydrogens (primary N) is 2. The predicted molar refractivity (Wildman–Crippen MR) is 262 cm³/mol. The van der Waals surface area contributed by atoms with E-state index in [-0.39, 0.29) is 44.4 Å². The van der Waals surface area contributed by atoms with E-state index in [0.29, 0.717) is 17.0 Å². The Hall–Kier alpha value is -6.98. The topological polar surface area (TPSA) is 355 Å². The zero-order valence-corrected chi connectivity index (χ0v) is 41.8. The van der Waals surface area contributed by atoms with Crippen LogP contribution >= 0.6 is 11.8 Å². The summed E-state index contributed by atoms with van der Waals surface area (Å²) in [6.07, 6.45) is 6.41. The number of hydrogen-bond donors (Lipinski definition) is 11. The first-order valence-corrected chi connectivity index (χ1v) is 24.3. The van der Waals surface area contributed by atoms with Gasteiger partial charge in [-0.25, -0.2) is 4.98 Å². The number of aromatic nitrogens is 3. The Morgan fingerprint density at radius 2 is 1.37 bits per heavy atom. The molecule has 2 heterocycles. The summed E-state index contributed by atoms with van der Waals surface area (Å²) in [6.45, 7) is 8.98. The Morgan fingerprint density at radius 1 is 0.729 bits per heavy atom. The van der Waals surface area contributed by atoms with Crippen LogP contribution in [-0.2, 0) is 60.8 Å². The minimum atomic E-state index is -1.29. The molecule has 0 saturated heterocycles. The third-order valence-corrected chi connectivity index (χ3v) is 11.9. The minimum absolute atomic E-state index is 0.0494. The van der Waals surface area contributed by atoms with Crippen molar-refractivity contribution in [2.24, 2.45) is 23.3 Å². The molecule has 2 aromatic heterocycles. The van der Waals surface area contributed by atoms with Crippen LogP contribution < -0.4 is 48.7 Å². The molecule has 0 unspecified atom stereocenters. The molecule has 24 heteroatoms. The number of thioether (sulfide) groups is 1. The number of primary amides is 2. The summed E-state index contributed by atoms with van der Waals surface area (Å²) >= 11 is 1.47. The molecule has 0 aliphatic rings. The molecule has 70 heavy (non-hydrogen) atoms. The van der Waals surface area contributed by atoms with Gasteiger partial charge < -0.3 is 63.6 Å². The number of H-pyrrole nitrogens is 2. The maximum absolute atomic E-state index is 14.0. The van der Waals surface area contributed by atoms with Crippen molar-refractivity contribution in [1.29, 1.82) is 0 Å². The van der Waals surface area contributed by atoms with Crippen molar-refractivity contribution in [3.8, 4) is 0 Å². The molecule has 0 aliphatic carbocycles. The van der Waals surface area contributed by atoms with Crippen molar-refractivity contribution >= 4 is 81.7 Å². The van der Waals surface area contributed by atoms with Crippen LogP contribution in [-0.4, -0.2) is 147 Å². The molecule has 0 fully saturated rings. The number of benzene rings is 1. The molecular weight excluding hydrogens is 927 g/mol. The van der Waals surface area contributed by atoms with Crippen molar-refractivity contribution in [3.63, 3.8) is 0 Å². The zero-order valence-electron chi connectivity index (χ0n) is 40.9. The van der Waals surface area contributed by atoms with E-state index in [0.717, 1.165) is 15.8 Å². The fraction of sp³-hybridized carbons (Fsp3) is 0.543. The monoisotopic (exact) mass is 996 g/mol. The van der Waals surface area contributed by atoms with Crippen molar-refractivity contribution in [2.45, 2.75) is 122 Å². The predicted octanol–water partition coefficient (Wildman–Crippen LogP) is -1.23. The van der Waals surface area contributed by atoms with Crippen LogP contribution in [0.3, 0.4) is 0 Å². The molecule has 23 nitrogen and oxygen atoms in total. The number of para-hydroxylation sites is 1. The van der Waals surface area contributed by atoms with Crippen LogP contribution in [0.15, 0.2) is 43.0 Å². The van der Waals surface area contributed by atoms with Crippen molar-refractivity contribution in [2.75, 3.05) is 25.6 Å². The molecule has 10 amide bonds. The normalized spacial score (nSPS) is 14.2. The molecule has 0 radical (unpaired) electrons. The highest BCUT2D eigenvalue weighted by Gasteiger charge is 2.35. The average Bonchev–Trinajstić information content (AvgIpc) is 3.97. The lowest BCUT2D eigenvalue weighted by atomic mass is 10.0. The SMILES string of the molecule is CSCC[C@H](NC(=O)[C@H](CC(C)C)NC(=O)[C@H](Cc1cnc[nH]1)N(C)C(=O)CNC(=O)[C@@H](NC(=O)[C@H](C)NC(=O)[C@H](Cc1c[nH]c2ccccc12)NC(=O)[C@H](CCC(N)=O)NC(C)=O)C(C)C)C(N)=O.